The largest absolute Gasteiger partial charge is 0.378 e. The van der Waals surface area contributed by atoms with Crippen LogP contribution in [0.2, 0.25) is 0 Å². The summed E-state index contributed by atoms with van der Waals surface area (Å²) in [4.78, 5) is 0. The van der Waals surface area contributed by atoms with Gasteiger partial charge in [-0.15, -0.1) is 0 Å². The minimum absolute atomic E-state index is 0.0382. The molecule has 19 heavy (non-hydrogen) atoms. The Hall–Kier alpha value is -0.490. The van der Waals surface area contributed by atoms with E-state index in [1.807, 2.05) is 6.07 Å². The van der Waals surface area contributed by atoms with E-state index in [9.17, 15) is 4.39 Å². The van der Waals surface area contributed by atoms with E-state index in [4.69, 9.17) is 10.6 Å². The number of hydrogen-bond donors (Lipinski definition) is 2. The summed E-state index contributed by atoms with van der Waals surface area (Å²) in [6.07, 6.45) is 2.73. The molecule has 0 aromatic heterocycles. The van der Waals surface area contributed by atoms with Gasteiger partial charge in [-0.3, -0.25) is 11.3 Å². The summed E-state index contributed by atoms with van der Waals surface area (Å²) in [6, 6.07) is 5.04. The molecule has 1 aliphatic heterocycles. The predicted molar refractivity (Wildman–Crippen MR) is 77.1 cm³/mol. The first kappa shape index (κ1) is 14.9. The summed E-state index contributed by atoms with van der Waals surface area (Å²) in [7, 11) is 0. The molecule has 0 radical (unpaired) electrons. The van der Waals surface area contributed by atoms with Crippen LogP contribution in [-0.4, -0.2) is 18.8 Å². The Kier molecular flexibility index (Phi) is 5.33. The summed E-state index contributed by atoms with van der Waals surface area (Å²) >= 11 is 3.37. The van der Waals surface area contributed by atoms with Gasteiger partial charge < -0.3 is 4.74 Å². The standard InChI is InChI=1S/C14H20BrFN2O/c1-2-14-11(5-6-19-14)13(18-17)8-9-7-10(15)3-4-12(9)16/h3-4,7,11,13-14,18H,2,5-6,8,17H2,1H3. The second-order valence-corrected chi connectivity index (χ2v) is 5.90. The van der Waals surface area contributed by atoms with Crippen molar-refractivity contribution in [3.05, 3.63) is 34.1 Å². The van der Waals surface area contributed by atoms with Crippen molar-refractivity contribution in [1.29, 1.82) is 0 Å². The lowest BCUT2D eigenvalue weighted by Crippen LogP contribution is -2.45. The summed E-state index contributed by atoms with van der Waals surface area (Å²) in [5.41, 5.74) is 3.52. The number of halogens is 2. The number of nitrogens with two attached hydrogens (primary N) is 1. The Bertz CT molecular complexity index is 430. The summed E-state index contributed by atoms with van der Waals surface area (Å²) in [5.74, 6) is 5.82. The lowest BCUT2D eigenvalue weighted by Gasteiger charge is -2.26. The first-order chi connectivity index (χ1) is 9.15. The Morgan fingerprint density at radius 1 is 1.58 bits per heavy atom. The average Bonchev–Trinajstić information content (AvgIpc) is 2.88. The van der Waals surface area contributed by atoms with Gasteiger partial charge in [-0.2, -0.15) is 0 Å². The number of hydrogen-bond acceptors (Lipinski definition) is 3. The zero-order chi connectivity index (χ0) is 13.8. The molecule has 0 amide bonds. The maximum Gasteiger partial charge on any atom is 0.126 e. The topological polar surface area (TPSA) is 47.3 Å². The monoisotopic (exact) mass is 330 g/mol. The second-order valence-electron chi connectivity index (χ2n) is 4.98. The molecule has 3 unspecified atom stereocenters. The molecular formula is C14H20BrFN2O. The van der Waals surface area contributed by atoms with Crippen LogP contribution in [0.3, 0.4) is 0 Å². The Morgan fingerprint density at radius 3 is 3.05 bits per heavy atom. The predicted octanol–water partition coefficient (Wildman–Crippen LogP) is 2.78. The maximum absolute atomic E-state index is 13.8. The fraction of sp³-hybridized carbons (Fsp3) is 0.571. The minimum Gasteiger partial charge on any atom is -0.378 e. The molecule has 2 rings (SSSR count). The average molecular weight is 331 g/mol. The summed E-state index contributed by atoms with van der Waals surface area (Å²) < 4.78 is 20.4. The van der Waals surface area contributed by atoms with Gasteiger partial charge in [-0.25, -0.2) is 4.39 Å². The summed E-state index contributed by atoms with van der Waals surface area (Å²) in [6.45, 7) is 2.87. The number of hydrazine groups is 1. The van der Waals surface area contributed by atoms with Gasteiger partial charge in [-0.05, 0) is 43.0 Å². The first-order valence-electron chi connectivity index (χ1n) is 6.67. The van der Waals surface area contributed by atoms with Crippen molar-refractivity contribution in [2.45, 2.75) is 38.3 Å². The van der Waals surface area contributed by atoms with Gasteiger partial charge in [0.15, 0.2) is 0 Å². The van der Waals surface area contributed by atoms with Gasteiger partial charge in [0.2, 0.25) is 0 Å². The molecule has 0 aliphatic carbocycles. The zero-order valence-corrected chi connectivity index (χ0v) is 12.6. The summed E-state index contributed by atoms with van der Waals surface area (Å²) in [5, 5.41) is 0. The van der Waals surface area contributed by atoms with E-state index in [0.717, 1.165) is 23.9 Å². The van der Waals surface area contributed by atoms with Crippen LogP contribution in [0.25, 0.3) is 0 Å². The Balaban J connectivity index is 2.12. The normalized spacial score (nSPS) is 24.6. The molecule has 0 saturated carbocycles. The van der Waals surface area contributed by atoms with E-state index in [1.165, 1.54) is 6.07 Å². The zero-order valence-electron chi connectivity index (χ0n) is 11.0. The van der Waals surface area contributed by atoms with E-state index >= 15 is 0 Å². The van der Waals surface area contributed by atoms with Gasteiger partial charge in [0.1, 0.15) is 5.82 Å². The Labute approximate surface area is 121 Å². The van der Waals surface area contributed by atoms with Crippen molar-refractivity contribution in [2.75, 3.05) is 6.61 Å². The molecule has 3 N–H and O–H groups in total. The van der Waals surface area contributed by atoms with E-state index in [-0.39, 0.29) is 18.0 Å². The van der Waals surface area contributed by atoms with Gasteiger partial charge >= 0.3 is 0 Å². The highest BCUT2D eigenvalue weighted by Crippen LogP contribution is 2.29. The third kappa shape index (κ3) is 3.54. The maximum atomic E-state index is 13.8. The molecule has 1 heterocycles. The van der Waals surface area contributed by atoms with Gasteiger partial charge in [0, 0.05) is 23.0 Å². The molecule has 3 atom stereocenters. The van der Waals surface area contributed by atoms with Gasteiger partial charge in [-0.1, -0.05) is 22.9 Å². The molecule has 5 heteroatoms. The van der Waals surface area contributed by atoms with Crippen LogP contribution >= 0.6 is 15.9 Å². The van der Waals surface area contributed by atoms with E-state index in [0.29, 0.717) is 17.9 Å². The molecule has 1 saturated heterocycles. The van der Waals surface area contributed by atoms with Crippen molar-refractivity contribution < 1.29 is 9.13 Å². The lowest BCUT2D eigenvalue weighted by molar-refractivity contribution is 0.0774. The highest BCUT2D eigenvalue weighted by atomic mass is 79.9. The minimum atomic E-state index is -0.185. The fourth-order valence-electron chi connectivity index (χ4n) is 2.82. The van der Waals surface area contributed by atoms with Crippen LogP contribution in [0.5, 0.6) is 0 Å². The van der Waals surface area contributed by atoms with Crippen LogP contribution in [0.15, 0.2) is 22.7 Å². The van der Waals surface area contributed by atoms with Crippen molar-refractivity contribution in [2.24, 2.45) is 11.8 Å². The van der Waals surface area contributed by atoms with E-state index in [2.05, 4.69) is 28.3 Å². The molecule has 1 aliphatic rings. The quantitative estimate of drug-likeness (QED) is 0.644. The lowest BCUT2D eigenvalue weighted by atomic mass is 9.87. The second kappa shape index (κ2) is 6.79. The molecule has 3 nitrogen and oxygen atoms in total. The SMILES string of the molecule is CCC1OCCC1C(Cc1cc(Br)ccc1F)NN. The van der Waals surface area contributed by atoms with Gasteiger partial charge in [0.05, 0.1) is 6.10 Å². The molecule has 1 fully saturated rings. The third-order valence-corrected chi connectivity index (χ3v) is 4.33. The number of benzene rings is 1. The van der Waals surface area contributed by atoms with Crippen LogP contribution in [-0.2, 0) is 11.2 Å². The molecule has 0 spiro atoms. The van der Waals surface area contributed by atoms with Crippen molar-refractivity contribution in [3.8, 4) is 0 Å². The molecule has 0 bridgehead atoms. The highest BCUT2D eigenvalue weighted by molar-refractivity contribution is 9.10. The Morgan fingerprint density at radius 2 is 2.37 bits per heavy atom. The van der Waals surface area contributed by atoms with Crippen molar-refractivity contribution in [3.63, 3.8) is 0 Å². The van der Waals surface area contributed by atoms with Gasteiger partial charge in [0.25, 0.3) is 0 Å². The van der Waals surface area contributed by atoms with E-state index < -0.39 is 0 Å². The number of ether oxygens (including phenoxy) is 1. The fourth-order valence-corrected chi connectivity index (χ4v) is 3.22. The van der Waals surface area contributed by atoms with Crippen LogP contribution in [0.1, 0.15) is 25.3 Å². The molecule has 1 aromatic rings. The highest BCUT2D eigenvalue weighted by Gasteiger charge is 2.33. The van der Waals surface area contributed by atoms with Crippen molar-refractivity contribution >= 4 is 15.9 Å². The van der Waals surface area contributed by atoms with Crippen LogP contribution in [0.4, 0.5) is 4.39 Å². The smallest absolute Gasteiger partial charge is 0.126 e. The van der Waals surface area contributed by atoms with E-state index in [1.54, 1.807) is 6.07 Å². The number of nitrogens with one attached hydrogen (secondary N) is 1. The third-order valence-electron chi connectivity index (χ3n) is 3.84. The van der Waals surface area contributed by atoms with Crippen LogP contribution in [0, 0.1) is 11.7 Å². The first-order valence-corrected chi connectivity index (χ1v) is 7.46. The molecule has 106 valence electrons. The van der Waals surface area contributed by atoms with Crippen molar-refractivity contribution in [1.82, 2.24) is 5.43 Å². The molecule has 1 aromatic carbocycles. The molecular weight excluding hydrogens is 311 g/mol. The van der Waals surface area contributed by atoms with Crippen LogP contribution < -0.4 is 11.3 Å². The number of rotatable bonds is 5.